The lowest BCUT2D eigenvalue weighted by Crippen LogP contribution is -2.46. The SMILES string of the molecule is Cc1cccc(C(=O)Nc2ccc(N3CCN(Cn4cccc4)CC3)nc2)c1-c1ccc(C(C)C)cc1. The number of aromatic nitrogens is 2. The van der Waals surface area contributed by atoms with Crippen molar-refractivity contribution in [3.63, 3.8) is 0 Å². The second kappa shape index (κ2) is 11.0. The van der Waals surface area contributed by atoms with E-state index in [1.54, 1.807) is 6.20 Å². The topological polar surface area (TPSA) is 53.4 Å². The molecule has 0 unspecified atom stereocenters. The molecule has 1 aliphatic rings. The highest BCUT2D eigenvalue weighted by molar-refractivity contribution is 6.09. The average molecular weight is 494 g/mol. The van der Waals surface area contributed by atoms with Gasteiger partial charge in [-0.3, -0.25) is 9.69 Å². The molecule has 3 heterocycles. The molecule has 2 aromatic carbocycles. The van der Waals surface area contributed by atoms with Crippen molar-refractivity contribution in [2.24, 2.45) is 0 Å². The largest absolute Gasteiger partial charge is 0.354 e. The molecule has 1 aliphatic heterocycles. The Morgan fingerprint density at radius 3 is 2.30 bits per heavy atom. The number of piperazine rings is 1. The number of carbonyl (C=O) groups is 1. The number of rotatable bonds is 7. The van der Waals surface area contributed by atoms with Crippen molar-refractivity contribution < 1.29 is 4.79 Å². The van der Waals surface area contributed by atoms with E-state index in [4.69, 9.17) is 0 Å². The van der Waals surface area contributed by atoms with E-state index in [2.05, 4.69) is 100 Å². The van der Waals surface area contributed by atoms with E-state index in [0.717, 1.165) is 55.4 Å². The fourth-order valence-corrected chi connectivity index (χ4v) is 4.93. The summed E-state index contributed by atoms with van der Waals surface area (Å²) in [6, 6.07) is 22.5. The molecule has 1 amide bonds. The summed E-state index contributed by atoms with van der Waals surface area (Å²) in [5.41, 5.74) is 5.75. The van der Waals surface area contributed by atoms with Gasteiger partial charge in [0.25, 0.3) is 5.91 Å². The third-order valence-electron chi connectivity index (χ3n) is 7.11. The van der Waals surface area contributed by atoms with Crippen molar-refractivity contribution in [2.75, 3.05) is 36.4 Å². The van der Waals surface area contributed by atoms with Gasteiger partial charge in [0.2, 0.25) is 0 Å². The van der Waals surface area contributed by atoms with Gasteiger partial charge in [-0.25, -0.2) is 4.98 Å². The second-order valence-electron chi connectivity index (χ2n) is 10.1. The van der Waals surface area contributed by atoms with Gasteiger partial charge in [-0.2, -0.15) is 0 Å². The Morgan fingerprint density at radius 2 is 1.65 bits per heavy atom. The maximum atomic E-state index is 13.3. The number of anilines is 2. The van der Waals surface area contributed by atoms with E-state index in [1.807, 2.05) is 24.3 Å². The van der Waals surface area contributed by atoms with Crippen LogP contribution in [0.5, 0.6) is 0 Å². The molecular formula is C31H35N5O. The zero-order valence-corrected chi connectivity index (χ0v) is 21.9. The third-order valence-corrected chi connectivity index (χ3v) is 7.11. The predicted molar refractivity (Wildman–Crippen MR) is 151 cm³/mol. The zero-order valence-electron chi connectivity index (χ0n) is 21.9. The van der Waals surface area contributed by atoms with Crippen molar-refractivity contribution in [1.82, 2.24) is 14.5 Å². The third kappa shape index (κ3) is 5.75. The Labute approximate surface area is 219 Å². The molecule has 1 fully saturated rings. The van der Waals surface area contributed by atoms with Crippen LogP contribution in [0.3, 0.4) is 0 Å². The summed E-state index contributed by atoms with van der Waals surface area (Å²) in [7, 11) is 0. The summed E-state index contributed by atoms with van der Waals surface area (Å²) >= 11 is 0. The van der Waals surface area contributed by atoms with E-state index in [0.29, 0.717) is 17.2 Å². The highest BCUT2D eigenvalue weighted by Gasteiger charge is 2.19. The van der Waals surface area contributed by atoms with Gasteiger partial charge in [0, 0.05) is 44.1 Å². The standard InChI is InChI=1S/C31H35N5O/c1-23(2)25-9-11-26(12-10-25)30-24(3)7-6-8-28(30)31(37)33-27-13-14-29(32-21-27)36-19-17-35(18-20-36)22-34-15-4-5-16-34/h4-16,21,23H,17-20,22H2,1-3H3,(H,33,37). The van der Waals surface area contributed by atoms with Gasteiger partial charge in [-0.1, -0.05) is 50.2 Å². The van der Waals surface area contributed by atoms with Gasteiger partial charge >= 0.3 is 0 Å². The van der Waals surface area contributed by atoms with Gasteiger partial charge in [-0.05, 0) is 65.4 Å². The van der Waals surface area contributed by atoms with Crippen LogP contribution in [0.15, 0.2) is 85.3 Å². The fourth-order valence-electron chi connectivity index (χ4n) is 4.93. The Kier molecular flexibility index (Phi) is 7.37. The first-order valence-electron chi connectivity index (χ1n) is 13.0. The number of carbonyl (C=O) groups excluding carboxylic acids is 1. The quantitative estimate of drug-likeness (QED) is 0.342. The molecule has 0 spiro atoms. The van der Waals surface area contributed by atoms with Crippen LogP contribution in [0.25, 0.3) is 11.1 Å². The molecule has 4 aromatic rings. The molecule has 1 N–H and O–H groups in total. The van der Waals surface area contributed by atoms with Crippen LogP contribution in [-0.4, -0.2) is 46.5 Å². The number of pyridine rings is 1. The summed E-state index contributed by atoms with van der Waals surface area (Å²) in [4.78, 5) is 22.7. The number of hydrogen-bond acceptors (Lipinski definition) is 4. The summed E-state index contributed by atoms with van der Waals surface area (Å²) in [5, 5.41) is 3.06. The number of nitrogens with zero attached hydrogens (tertiary/aromatic N) is 4. The average Bonchev–Trinajstić information content (AvgIpc) is 3.43. The number of amides is 1. The lowest BCUT2D eigenvalue weighted by atomic mass is 9.92. The summed E-state index contributed by atoms with van der Waals surface area (Å²) < 4.78 is 2.20. The van der Waals surface area contributed by atoms with Crippen LogP contribution in [-0.2, 0) is 6.67 Å². The van der Waals surface area contributed by atoms with E-state index >= 15 is 0 Å². The van der Waals surface area contributed by atoms with Crippen molar-refractivity contribution in [3.8, 4) is 11.1 Å². The highest BCUT2D eigenvalue weighted by atomic mass is 16.1. The molecule has 2 aromatic heterocycles. The molecule has 0 atom stereocenters. The smallest absolute Gasteiger partial charge is 0.256 e. The maximum Gasteiger partial charge on any atom is 0.256 e. The molecular weight excluding hydrogens is 458 g/mol. The lowest BCUT2D eigenvalue weighted by molar-refractivity contribution is 0.102. The van der Waals surface area contributed by atoms with Gasteiger partial charge in [0.05, 0.1) is 18.6 Å². The molecule has 6 heteroatoms. The molecule has 0 radical (unpaired) electrons. The molecule has 1 saturated heterocycles. The zero-order chi connectivity index (χ0) is 25.8. The van der Waals surface area contributed by atoms with Crippen molar-refractivity contribution in [2.45, 2.75) is 33.4 Å². The molecule has 0 saturated carbocycles. The first kappa shape index (κ1) is 24.8. The van der Waals surface area contributed by atoms with E-state index < -0.39 is 0 Å². The molecule has 37 heavy (non-hydrogen) atoms. The van der Waals surface area contributed by atoms with Crippen LogP contribution >= 0.6 is 0 Å². The number of benzene rings is 2. The van der Waals surface area contributed by atoms with Gasteiger partial charge in [0.15, 0.2) is 0 Å². The monoisotopic (exact) mass is 493 g/mol. The van der Waals surface area contributed by atoms with Crippen LogP contribution < -0.4 is 10.2 Å². The Morgan fingerprint density at radius 1 is 0.919 bits per heavy atom. The fraction of sp³-hybridized carbons (Fsp3) is 0.290. The number of hydrogen-bond donors (Lipinski definition) is 1. The molecule has 0 bridgehead atoms. The van der Waals surface area contributed by atoms with Gasteiger partial charge in [0.1, 0.15) is 5.82 Å². The summed E-state index contributed by atoms with van der Waals surface area (Å²) in [6.45, 7) is 11.2. The van der Waals surface area contributed by atoms with E-state index in [9.17, 15) is 4.79 Å². The second-order valence-corrected chi connectivity index (χ2v) is 10.1. The molecule has 6 nitrogen and oxygen atoms in total. The molecule has 190 valence electrons. The van der Waals surface area contributed by atoms with Crippen LogP contribution in [0.2, 0.25) is 0 Å². The predicted octanol–water partition coefficient (Wildman–Crippen LogP) is 6.01. The minimum atomic E-state index is -0.125. The summed E-state index contributed by atoms with van der Waals surface area (Å²) in [5.74, 6) is 1.29. The lowest BCUT2D eigenvalue weighted by Gasteiger charge is -2.35. The van der Waals surface area contributed by atoms with Crippen molar-refractivity contribution in [1.29, 1.82) is 0 Å². The summed E-state index contributed by atoms with van der Waals surface area (Å²) in [6.07, 6.45) is 5.96. The van der Waals surface area contributed by atoms with Crippen molar-refractivity contribution in [3.05, 3.63) is 102 Å². The normalized spacial score (nSPS) is 14.2. The Balaban J connectivity index is 1.24. The first-order chi connectivity index (χ1) is 18.0. The number of nitrogens with one attached hydrogen (secondary N) is 1. The number of aryl methyl sites for hydroxylation is 1. The van der Waals surface area contributed by atoms with Gasteiger partial charge in [-0.15, -0.1) is 0 Å². The Bertz CT molecular complexity index is 1320. The molecule has 5 rings (SSSR count). The molecule has 0 aliphatic carbocycles. The van der Waals surface area contributed by atoms with Crippen LogP contribution in [0.4, 0.5) is 11.5 Å². The van der Waals surface area contributed by atoms with Crippen LogP contribution in [0, 0.1) is 6.92 Å². The first-order valence-corrected chi connectivity index (χ1v) is 13.0. The van der Waals surface area contributed by atoms with Gasteiger partial charge < -0.3 is 14.8 Å². The highest BCUT2D eigenvalue weighted by Crippen LogP contribution is 2.30. The van der Waals surface area contributed by atoms with Crippen LogP contribution in [0.1, 0.15) is 41.3 Å². The van der Waals surface area contributed by atoms with E-state index in [1.165, 1.54) is 5.56 Å². The maximum absolute atomic E-state index is 13.3. The minimum Gasteiger partial charge on any atom is -0.354 e. The van der Waals surface area contributed by atoms with E-state index in [-0.39, 0.29) is 5.91 Å². The Hall–Kier alpha value is -3.90. The minimum absolute atomic E-state index is 0.125. The van der Waals surface area contributed by atoms with Crippen molar-refractivity contribution >= 4 is 17.4 Å².